The molecule has 0 saturated heterocycles. The molecule has 0 bridgehead atoms. The van der Waals surface area contributed by atoms with E-state index in [2.05, 4.69) is 20.8 Å². The third-order valence-corrected chi connectivity index (χ3v) is 2.30. The van der Waals surface area contributed by atoms with Gasteiger partial charge in [-0.25, -0.2) is 9.97 Å². The maximum Gasteiger partial charge on any atom is 0.289 e. The molecule has 1 amide bonds. The number of carbonyl (C=O) groups excluding carboxylic acids is 1. The molecule has 0 aliphatic rings. The first-order chi connectivity index (χ1) is 7.75. The van der Waals surface area contributed by atoms with Crippen molar-refractivity contribution < 1.29 is 9.18 Å². The third kappa shape index (κ3) is 2.51. The molecule has 5 nitrogen and oxygen atoms in total. The second kappa shape index (κ2) is 4.67. The van der Waals surface area contributed by atoms with Gasteiger partial charge in [0, 0.05) is 5.38 Å². The minimum absolute atomic E-state index is 0.326. The van der Waals surface area contributed by atoms with Crippen LogP contribution in [0.4, 0.5) is 10.1 Å². The zero-order chi connectivity index (χ0) is 11.4. The van der Waals surface area contributed by atoms with Gasteiger partial charge in [0.15, 0.2) is 0 Å². The number of aromatic nitrogens is 2. The SMILES string of the molecule is O=C(NNc1ccc(F)nc1)c1cscn1. The van der Waals surface area contributed by atoms with Crippen LogP contribution in [-0.4, -0.2) is 15.9 Å². The van der Waals surface area contributed by atoms with E-state index in [1.165, 1.54) is 29.7 Å². The Hall–Kier alpha value is -2.02. The molecule has 7 heteroatoms. The highest BCUT2D eigenvalue weighted by molar-refractivity contribution is 7.07. The van der Waals surface area contributed by atoms with Gasteiger partial charge in [-0.05, 0) is 12.1 Å². The number of anilines is 1. The molecule has 0 saturated carbocycles. The zero-order valence-electron chi connectivity index (χ0n) is 7.98. The van der Waals surface area contributed by atoms with Crippen molar-refractivity contribution in [3.8, 4) is 0 Å². The Morgan fingerprint density at radius 2 is 2.25 bits per heavy atom. The molecular weight excluding hydrogens is 231 g/mol. The summed E-state index contributed by atoms with van der Waals surface area (Å²) >= 11 is 1.33. The van der Waals surface area contributed by atoms with Crippen LogP contribution in [0, 0.1) is 5.95 Å². The summed E-state index contributed by atoms with van der Waals surface area (Å²) in [5.41, 5.74) is 7.39. The van der Waals surface area contributed by atoms with Crippen molar-refractivity contribution in [3.05, 3.63) is 40.9 Å². The van der Waals surface area contributed by atoms with Crippen LogP contribution >= 0.6 is 11.3 Å². The molecule has 2 aromatic rings. The second-order valence-corrected chi connectivity index (χ2v) is 3.54. The predicted octanol–water partition coefficient (Wildman–Crippen LogP) is 1.43. The number of pyridine rings is 1. The summed E-state index contributed by atoms with van der Waals surface area (Å²) in [7, 11) is 0. The molecule has 0 fully saturated rings. The van der Waals surface area contributed by atoms with Gasteiger partial charge < -0.3 is 0 Å². The van der Waals surface area contributed by atoms with E-state index in [1.807, 2.05) is 0 Å². The van der Waals surface area contributed by atoms with Gasteiger partial charge in [-0.2, -0.15) is 4.39 Å². The average molecular weight is 238 g/mol. The molecule has 2 rings (SSSR count). The summed E-state index contributed by atoms with van der Waals surface area (Å²) in [6.07, 6.45) is 1.27. The van der Waals surface area contributed by atoms with E-state index < -0.39 is 5.95 Å². The summed E-state index contributed by atoms with van der Waals surface area (Å²) < 4.78 is 12.5. The number of amides is 1. The van der Waals surface area contributed by atoms with Crippen molar-refractivity contribution in [1.29, 1.82) is 0 Å². The maximum absolute atomic E-state index is 12.5. The van der Waals surface area contributed by atoms with Crippen molar-refractivity contribution in [1.82, 2.24) is 15.4 Å². The molecule has 16 heavy (non-hydrogen) atoms. The van der Waals surface area contributed by atoms with Gasteiger partial charge >= 0.3 is 0 Å². The molecule has 0 spiro atoms. The molecule has 0 aliphatic carbocycles. The molecule has 0 aliphatic heterocycles. The van der Waals surface area contributed by atoms with Crippen LogP contribution in [0.3, 0.4) is 0 Å². The van der Waals surface area contributed by atoms with E-state index in [9.17, 15) is 9.18 Å². The molecular formula is C9H7FN4OS. The largest absolute Gasteiger partial charge is 0.297 e. The standard InChI is InChI=1S/C9H7FN4OS/c10-8-2-1-6(3-11-8)13-14-9(15)7-4-16-5-12-7/h1-5,13H,(H,14,15). The fraction of sp³-hybridized carbons (Fsp3) is 0. The summed E-state index contributed by atoms with van der Waals surface area (Å²) in [6, 6.07) is 2.65. The maximum atomic E-state index is 12.5. The summed E-state index contributed by atoms with van der Waals surface area (Å²) in [5.74, 6) is -0.929. The number of nitrogens with one attached hydrogen (secondary N) is 2. The molecule has 0 radical (unpaired) electrons. The molecule has 0 atom stereocenters. The second-order valence-electron chi connectivity index (χ2n) is 2.82. The topological polar surface area (TPSA) is 66.9 Å². The smallest absolute Gasteiger partial charge is 0.289 e. The number of thiazole rings is 1. The molecule has 2 N–H and O–H groups in total. The van der Waals surface area contributed by atoms with Crippen LogP contribution < -0.4 is 10.9 Å². The Bertz CT molecular complexity index is 471. The zero-order valence-corrected chi connectivity index (χ0v) is 8.79. The van der Waals surface area contributed by atoms with Crippen molar-refractivity contribution in [2.24, 2.45) is 0 Å². The van der Waals surface area contributed by atoms with Gasteiger partial charge in [-0.1, -0.05) is 0 Å². The van der Waals surface area contributed by atoms with Crippen molar-refractivity contribution in [3.63, 3.8) is 0 Å². The van der Waals surface area contributed by atoms with Gasteiger partial charge in [-0.3, -0.25) is 15.6 Å². The van der Waals surface area contributed by atoms with Gasteiger partial charge in [0.25, 0.3) is 5.91 Å². The third-order valence-electron chi connectivity index (χ3n) is 1.71. The van der Waals surface area contributed by atoms with Crippen molar-refractivity contribution >= 4 is 22.9 Å². The quantitative estimate of drug-likeness (QED) is 0.627. The lowest BCUT2D eigenvalue weighted by atomic mass is 10.4. The van der Waals surface area contributed by atoms with Gasteiger partial charge in [-0.15, -0.1) is 11.3 Å². The van der Waals surface area contributed by atoms with Crippen molar-refractivity contribution in [2.75, 3.05) is 5.43 Å². The van der Waals surface area contributed by atoms with Gasteiger partial charge in [0.2, 0.25) is 5.95 Å². The summed E-state index contributed by atoms with van der Waals surface area (Å²) in [4.78, 5) is 18.7. The normalized spacial score (nSPS) is 9.81. The lowest BCUT2D eigenvalue weighted by Crippen LogP contribution is -2.29. The highest BCUT2D eigenvalue weighted by atomic mass is 32.1. The fourth-order valence-electron chi connectivity index (χ4n) is 0.967. The lowest BCUT2D eigenvalue weighted by Gasteiger charge is -2.05. The van der Waals surface area contributed by atoms with Crippen LogP contribution in [0.5, 0.6) is 0 Å². The number of hydrogen-bond acceptors (Lipinski definition) is 5. The number of hydrogen-bond donors (Lipinski definition) is 2. The van der Waals surface area contributed by atoms with E-state index >= 15 is 0 Å². The van der Waals surface area contributed by atoms with Crippen LogP contribution in [-0.2, 0) is 0 Å². The lowest BCUT2D eigenvalue weighted by molar-refractivity contribution is 0.0958. The first-order valence-corrected chi connectivity index (χ1v) is 5.26. The summed E-state index contributed by atoms with van der Waals surface area (Å²) in [5, 5.41) is 1.62. The molecule has 2 aromatic heterocycles. The van der Waals surface area contributed by atoms with Crippen molar-refractivity contribution in [2.45, 2.75) is 0 Å². The Balaban J connectivity index is 1.93. The highest BCUT2D eigenvalue weighted by Gasteiger charge is 2.06. The number of carbonyl (C=O) groups is 1. The average Bonchev–Trinajstić information content (AvgIpc) is 2.81. The Morgan fingerprint density at radius 1 is 1.38 bits per heavy atom. The fourth-order valence-corrected chi connectivity index (χ4v) is 1.50. The van der Waals surface area contributed by atoms with Gasteiger partial charge in [0.1, 0.15) is 5.69 Å². The minimum atomic E-state index is -0.573. The first kappa shape index (κ1) is 10.5. The minimum Gasteiger partial charge on any atom is -0.297 e. The Morgan fingerprint density at radius 3 is 2.88 bits per heavy atom. The van der Waals surface area contributed by atoms with Crippen LogP contribution in [0.1, 0.15) is 10.5 Å². The van der Waals surface area contributed by atoms with Crippen LogP contribution in [0.15, 0.2) is 29.2 Å². The van der Waals surface area contributed by atoms with E-state index in [-0.39, 0.29) is 5.91 Å². The first-order valence-electron chi connectivity index (χ1n) is 4.32. The highest BCUT2D eigenvalue weighted by Crippen LogP contribution is 2.04. The molecule has 0 aromatic carbocycles. The predicted molar refractivity (Wildman–Crippen MR) is 57.4 cm³/mol. The van der Waals surface area contributed by atoms with Crippen LogP contribution in [0.2, 0.25) is 0 Å². The monoisotopic (exact) mass is 238 g/mol. The van der Waals surface area contributed by atoms with E-state index in [4.69, 9.17) is 0 Å². The van der Waals surface area contributed by atoms with E-state index in [0.717, 1.165) is 0 Å². The number of nitrogens with zero attached hydrogens (tertiary/aromatic N) is 2. The Kier molecular flexibility index (Phi) is 3.06. The molecule has 2 heterocycles. The number of rotatable bonds is 3. The molecule has 0 unspecified atom stereocenters. The van der Waals surface area contributed by atoms with E-state index in [1.54, 1.807) is 10.9 Å². The van der Waals surface area contributed by atoms with E-state index in [0.29, 0.717) is 11.4 Å². The van der Waals surface area contributed by atoms with Crippen LogP contribution in [0.25, 0.3) is 0 Å². The Labute approximate surface area is 94.3 Å². The van der Waals surface area contributed by atoms with Gasteiger partial charge in [0.05, 0.1) is 17.4 Å². The number of hydrazine groups is 1. The molecule has 82 valence electrons. The number of halogens is 1. The summed E-state index contributed by atoms with van der Waals surface area (Å²) in [6.45, 7) is 0.